The Morgan fingerprint density at radius 3 is 2.55 bits per heavy atom. The zero-order valence-corrected chi connectivity index (χ0v) is 6.67. The van der Waals surface area contributed by atoms with Gasteiger partial charge in [0.1, 0.15) is 0 Å². The lowest BCUT2D eigenvalue weighted by molar-refractivity contribution is 0.148. The summed E-state index contributed by atoms with van der Waals surface area (Å²) in [5.74, 6) is 0. The van der Waals surface area contributed by atoms with Crippen LogP contribution in [0.25, 0.3) is 0 Å². The molecule has 0 atom stereocenters. The molecule has 1 amide bonds. The molecule has 0 aliphatic rings. The second-order valence-corrected chi connectivity index (χ2v) is 2.81. The van der Waals surface area contributed by atoms with E-state index in [0.717, 1.165) is 0 Å². The molecule has 11 heavy (non-hydrogen) atoms. The molecule has 0 saturated heterocycles. The number of rotatable bonds is 3. The number of ether oxygens (including phenoxy) is 1. The van der Waals surface area contributed by atoms with Crippen molar-refractivity contribution in [3.8, 4) is 0 Å². The van der Waals surface area contributed by atoms with Crippen LogP contribution in [0.2, 0.25) is 0 Å². The van der Waals surface area contributed by atoms with Gasteiger partial charge in [-0.1, -0.05) is 0 Å². The number of hydrazine groups is 1. The van der Waals surface area contributed by atoms with Crippen LogP contribution >= 0.6 is 7.75 Å². The van der Waals surface area contributed by atoms with E-state index in [9.17, 15) is 9.36 Å². The molecule has 0 bridgehead atoms. The second-order valence-electron chi connectivity index (χ2n) is 1.50. The van der Waals surface area contributed by atoms with Gasteiger partial charge < -0.3 is 14.5 Å². The van der Waals surface area contributed by atoms with Gasteiger partial charge in [0.15, 0.2) is 0 Å². The molecule has 66 valence electrons. The van der Waals surface area contributed by atoms with Crippen LogP contribution in [0.15, 0.2) is 0 Å². The Morgan fingerprint density at radius 2 is 2.18 bits per heavy atom. The Kier molecular flexibility index (Phi) is 4.06. The second kappa shape index (κ2) is 4.30. The van der Waals surface area contributed by atoms with Crippen LogP contribution in [0.4, 0.5) is 4.79 Å². The molecule has 7 nitrogen and oxygen atoms in total. The molecule has 0 radical (unpaired) electrons. The zero-order valence-electron chi connectivity index (χ0n) is 5.77. The van der Waals surface area contributed by atoms with Gasteiger partial charge in [-0.25, -0.2) is 14.8 Å². The summed E-state index contributed by atoms with van der Waals surface area (Å²) in [4.78, 5) is 26.7. The summed E-state index contributed by atoms with van der Waals surface area (Å²) in [6.45, 7) is 1.70. The quantitative estimate of drug-likeness (QED) is 0.342. The first-order chi connectivity index (χ1) is 4.95. The van der Waals surface area contributed by atoms with Crippen molar-refractivity contribution in [2.75, 3.05) is 6.61 Å². The topological polar surface area (TPSA) is 108 Å². The predicted molar refractivity (Wildman–Crippen MR) is 35.3 cm³/mol. The van der Waals surface area contributed by atoms with Gasteiger partial charge in [0, 0.05) is 0 Å². The van der Waals surface area contributed by atoms with E-state index in [1.54, 1.807) is 12.3 Å². The van der Waals surface area contributed by atoms with Crippen molar-refractivity contribution >= 4 is 13.8 Å². The molecule has 8 heteroatoms. The average Bonchev–Trinajstić information content (AvgIpc) is 1.83. The summed E-state index contributed by atoms with van der Waals surface area (Å²) in [6, 6.07) is 0. The Bertz CT molecular complexity index is 177. The van der Waals surface area contributed by atoms with Crippen molar-refractivity contribution < 1.29 is 23.9 Å². The summed E-state index contributed by atoms with van der Waals surface area (Å²) < 4.78 is 14.3. The van der Waals surface area contributed by atoms with Crippen LogP contribution in [-0.4, -0.2) is 22.5 Å². The van der Waals surface area contributed by atoms with Crippen molar-refractivity contribution in [2.24, 2.45) is 0 Å². The van der Waals surface area contributed by atoms with Crippen molar-refractivity contribution in [1.82, 2.24) is 10.6 Å². The highest BCUT2D eigenvalue weighted by atomic mass is 31.2. The molecule has 0 aromatic heterocycles. The molecule has 0 unspecified atom stereocenters. The molecule has 0 spiro atoms. The lowest BCUT2D eigenvalue weighted by Gasteiger charge is -2.06. The summed E-state index contributed by atoms with van der Waals surface area (Å²) in [5.41, 5.74) is 1.65. The first-order valence-corrected chi connectivity index (χ1v) is 4.32. The fourth-order valence-electron chi connectivity index (χ4n) is 0.286. The van der Waals surface area contributed by atoms with Crippen molar-refractivity contribution in [3.05, 3.63) is 0 Å². The summed E-state index contributed by atoms with van der Waals surface area (Å²) >= 11 is 0. The lowest BCUT2D eigenvalue weighted by Crippen LogP contribution is -2.35. The molecule has 0 aromatic carbocycles. The third-order valence-corrected chi connectivity index (χ3v) is 0.982. The van der Waals surface area contributed by atoms with Gasteiger partial charge in [0.05, 0.1) is 6.61 Å². The molecular formula is C3H9N2O5P. The van der Waals surface area contributed by atoms with Gasteiger partial charge >= 0.3 is 13.8 Å². The number of nitrogens with one attached hydrogen (secondary N) is 2. The highest BCUT2D eigenvalue weighted by molar-refractivity contribution is 7.49. The summed E-state index contributed by atoms with van der Waals surface area (Å²) in [6.07, 6.45) is -0.934. The van der Waals surface area contributed by atoms with Crippen LogP contribution in [0, 0.1) is 0 Å². The molecule has 0 aliphatic heterocycles. The number of hydrogen-bond donors (Lipinski definition) is 4. The maximum Gasteiger partial charge on any atom is 0.422 e. The van der Waals surface area contributed by atoms with E-state index in [0.29, 0.717) is 0 Å². The Labute approximate surface area is 62.9 Å². The van der Waals surface area contributed by atoms with Gasteiger partial charge in [-0.2, -0.15) is 0 Å². The number of carbonyl (C=O) groups excluding carboxylic acids is 1. The monoisotopic (exact) mass is 184 g/mol. The van der Waals surface area contributed by atoms with E-state index in [1.165, 1.54) is 5.20 Å². The molecule has 0 aliphatic carbocycles. The SMILES string of the molecule is CCOC(=O)NNP(=O)(O)O. The largest absolute Gasteiger partial charge is 0.449 e. The lowest BCUT2D eigenvalue weighted by atomic mass is 10.9. The smallest absolute Gasteiger partial charge is 0.422 e. The van der Waals surface area contributed by atoms with Crippen LogP contribution in [0.1, 0.15) is 6.92 Å². The number of hydrogen-bond acceptors (Lipinski definition) is 3. The van der Waals surface area contributed by atoms with Crippen LogP contribution in [0.3, 0.4) is 0 Å². The summed E-state index contributed by atoms with van der Waals surface area (Å²) in [7, 11) is -4.41. The fraction of sp³-hybridized carbons (Fsp3) is 0.667. The molecule has 0 saturated carbocycles. The Hall–Kier alpha value is -0.620. The van der Waals surface area contributed by atoms with Gasteiger partial charge in [-0.15, -0.1) is 5.20 Å². The third kappa shape index (κ3) is 7.27. The molecule has 0 rings (SSSR count). The van der Waals surface area contributed by atoms with Crippen molar-refractivity contribution in [1.29, 1.82) is 0 Å². The molecule has 0 fully saturated rings. The molecule has 4 N–H and O–H groups in total. The highest BCUT2D eigenvalue weighted by Crippen LogP contribution is 2.25. The maximum atomic E-state index is 10.4. The predicted octanol–water partition coefficient (Wildman–Crippen LogP) is -0.670. The highest BCUT2D eigenvalue weighted by Gasteiger charge is 2.12. The molecule has 0 heterocycles. The van der Waals surface area contributed by atoms with E-state index < -0.39 is 13.8 Å². The van der Waals surface area contributed by atoms with Gasteiger partial charge in [0.2, 0.25) is 0 Å². The van der Waals surface area contributed by atoms with Gasteiger partial charge in [-0.05, 0) is 6.92 Å². The van der Waals surface area contributed by atoms with E-state index in [-0.39, 0.29) is 6.61 Å². The van der Waals surface area contributed by atoms with Crippen LogP contribution in [0.5, 0.6) is 0 Å². The first kappa shape index (κ1) is 10.4. The standard InChI is InChI=1S/C3H9N2O5P/c1-2-10-3(6)4-5-11(7,8)9/h2H2,1H3,(H,4,6)(H3,5,7,8,9). The molecular weight excluding hydrogens is 175 g/mol. The molecule has 0 aromatic rings. The van der Waals surface area contributed by atoms with E-state index in [1.807, 2.05) is 0 Å². The first-order valence-electron chi connectivity index (χ1n) is 2.71. The van der Waals surface area contributed by atoms with E-state index in [2.05, 4.69) is 4.74 Å². The van der Waals surface area contributed by atoms with Crippen LogP contribution < -0.4 is 10.6 Å². The van der Waals surface area contributed by atoms with Crippen molar-refractivity contribution in [3.63, 3.8) is 0 Å². The van der Waals surface area contributed by atoms with E-state index in [4.69, 9.17) is 9.79 Å². The normalized spacial score (nSPS) is 10.8. The van der Waals surface area contributed by atoms with Gasteiger partial charge in [0.25, 0.3) is 0 Å². The third-order valence-electron chi connectivity index (χ3n) is 0.579. The van der Waals surface area contributed by atoms with Gasteiger partial charge in [-0.3, -0.25) is 0 Å². The maximum absolute atomic E-state index is 10.4. The minimum atomic E-state index is -4.41. The number of carbonyl (C=O) groups is 1. The van der Waals surface area contributed by atoms with E-state index >= 15 is 0 Å². The minimum Gasteiger partial charge on any atom is -0.449 e. The number of amides is 1. The zero-order chi connectivity index (χ0) is 8.91. The Morgan fingerprint density at radius 1 is 1.64 bits per heavy atom. The Balaban J connectivity index is 3.55. The minimum absolute atomic E-state index is 0.134. The van der Waals surface area contributed by atoms with Crippen molar-refractivity contribution in [2.45, 2.75) is 6.92 Å². The average molecular weight is 184 g/mol. The fourth-order valence-corrected chi connectivity index (χ4v) is 0.523. The summed E-state index contributed by atoms with van der Waals surface area (Å²) in [5, 5.41) is 1.45. The van der Waals surface area contributed by atoms with Crippen LogP contribution in [-0.2, 0) is 9.30 Å².